The van der Waals surface area contributed by atoms with Gasteiger partial charge in [0.2, 0.25) is 5.28 Å². The van der Waals surface area contributed by atoms with E-state index >= 15 is 0 Å². The van der Waals surface area contributed by atoms with Crippen LogP contribution in [0.15, 0.2) is 6.33 Å². The number of aromatic nitrogens is 4. The van der Waals surface area contributed by atoms with Crippen molar-refractivity contribution in [2.45, 2.75) is 13.1 Å². The Kier molecular flexibility index (Phi) is 2.01. The van der Waals surface area contributed by atoms with Gasteiger partial charge in [-0.25, -0.2) is 4.98 Å². The molecule has 2 aromatic rings. The highest BCUT2D eigenvalue weighted by Gasteiger charge is 2.11. The molecule has 74 valence electrons. The predicted octanol–water partition coefficient (Wildman–Crippen LogP) is 0.539. The van der Waals surface area contributed by atoms with Gasteiger partial charge in [0, 0.05) is 0 Å². The molecule has 0 aliphatic carbocycles. The van der Waals surface area contributed by atoms with Crippen LogP contribution in [0.2, 0.25) is 5.28 Å². The van der Waals surface area contributed by atoms with Gasteiger partial charge in [0.05, 0.1) is 12.5 Å². The summed E-state index contributed by atoms with van der Waals surface area (Å²) in [6.45, 7) is 1.81. The minimum absolute atomic E-state index is 0.0948. The first-order valence-corrected chi connectivity index (χ1v) is 4.38. The van der Waals surface area contributed by atoms with Gasteiger partial charge < -0.3 is 11.5 Å². The SMILES string of the molecule is CC(N)n1cnc2c(N)nc(Cl)nc21. The van der Waals surface area contributed by atoms with E-state index in [2.05, 4.69) is 15.0 Å². The highest BCUT2D eigenvalue weighted by molar-refractivity contribution is 6.28. The molecule has 0 amide bonds. The molecule has 2 aromatic heterocycles. The number of nitrogens with two attached hydrogens (primary N) is 2. The van der Waals surface area contributed by atoms with Crippen LogP contribution >= 0.6 is 11.6 Å². The maximum absolute atomic E-state index is 5.70. The van der Waals surface area contributed by atoms with Gasteiger partial charge in [0.1, 0.15) is 5.52 Å². The molecule has 4 N–H and O–H groups in total. The van der Waals surface area contributed by atoms with Crippen LogP contribution < -0.4 is 11.5 Å². The molecule has 0 aliphatic rings. The summed E-state index contributed by atoms with van der Waals surface area (Å²) in [4.78, 5) is 11.9. The summed E-state index contributed by atoms with van der Waals surface area (Å²) in [6.07, 6.45) is 1.34. The van der Waals surface area contributed by atoms with Crippen molar-refractivity contribution in [1.29, 1.82) is 0 Å². The second-order valence-corrected chi connectivity index (χ2v) is 3.28. The third-order valence-corrected chi connectivity index (χ3v) is 2.03. The van der Waals surface area contributed by atoms with E-state index in [1.165, 1.54) is 0 Å². The molecule has 14 heavy (non-hydrogen) atoms. The van der Waals surface area contributed by atoms with Crippen LogP contribution in [0.4, 0.5) is 5.82 Å². The van der Waals surface area contributed by atoms with Crippen molar-refractivity contribution in [3.8, 4) is 0 Å². The number of hydrogen-bond acceptors (Lipinski definition) is 5. The minimum atomic E-state index is -0.231. The van der Waals surface area contributed by atoms with Gasteiger partial charge >= 0.3 is 0 Å². The highest BCUT2D eigenvalue weighted by Crippen LogP contribution is 2.19. The van der Waals surface area contributed by atoms with Crippen LogP contribution in [0.3, 0.4) is 0 Å². The molecule has 0 bridgehead atoms. The van der Waals surface area contributed by atoms with Crippen molar-refractivity contribution in [1.82, 2.24) is 19.5 Å². The molecule has 7 heteroatoms. The lowest BCUT2D eigenvalue weighted by Gasteiger charge is -2.06. The third-order valence-electron chi connectivity index (χ3n) is 1.86. The summed E-state index contributed by atoms with van der Waals surface area (Å²) in [7, 11) is 0. The quantitative estimate of drug-likeness (QED) is 0.673. The summed E-state index contributed by atoms with van der Waals surface area (Å²) in [5, 5.41) is 0.0948. The van der Waals surface area contributed by atoms with Crippen molar-refractivity contribution < 1.29 is 0 Å². The van der Waals surface area contributed by atoms with Gasteiger partial charge in [-0.2, -0.15) is 9.97 Å². The molecular formula is C7H9ClN6. The number of fused-ring (bicyclic) bond motifs is 1. The standard InChI is InChI=1S/C7H9ClN6/c1-3(9)14-2-11-4-5(10)12-7(8)13-6(4)14/h2-3H,9H2,1H3,(H2,10,12,13). The number of nitrogen functional groups attached to an aromatic ring is 1. The van der Waals surface area contributed by atoms with Crippen LogP contribution in [-0.4, -0.2) is 19.5 Å². The Labute approximate surface area is 84.9 Å². The maximum Gasteiger partial charge on any atom is 0.226 e. The van der Waals surface area contributed by atoms with Gasteiger partial charge in [-0.3, -0.25) is 4.57 Å². The predicted molar refractivity (Wildman–Crippen MR) is 53.6 cm³/mol. The molecule has 0 aromatic carbocycles. The first kappa shape index (κ1) is 9.17. The van der Waals surface area contributed by atoms with E-state index in [1.54, 1.807) is 10.9 Å². The average molecular weight is 213 g/mol. The molecule has 1 unspecified atom stereocenters. The molecule has 6 nitrogen and oxygen atoms in total. The molecule has 0 saturated heterocycles. The number of nitrogens with zero attached hydrogens (tertiary/aromatic N) is 4. The van der Waals surface area contributed by atoms with E-state index in [9.17, 15) is 0 Å². The minimum Gasteiger partial charge on any atom is -0.382 e. The zero-order valence-electron chi connectivity index (χ0n) is 7.48. The molecule has 2 rings (SSSR count). The van der Waals surface area contributed by atoms with Crippen molar-refractivity contribution in [2.75, 3.05) is 5.73 Å². The van der Waals surface area contributed by atoms with Crippen LogP contribution in [0.5, 0.6) is 0 Å². The summed E-state index contributed by atoms with van der Waals surface area (Å²) in [5.74, 6) is 0.263. The lowest BCUT2D eigenvalue weighted by molar-refractivity contribution is 0.583. The Morgan fingerprint density at radius 1 is 1.50 bits per heavy atom. The number of halogens is 1. The molecule has 0 fully saturated rings. The van der Waals surface area contributed by atoms with E-state index in [1.807, 2.05) is 6.92 Å². The fourth-order valence-electron chi connectivity index (χ4n) is 1.21. The van der Waals surface area contributed by atoms with Crippen molar-refractivity contribution in [3.05, 3.63) is 11.6 Å². The van der Waals surface area contributed by atoms with Gasteiger partial charge in [-0.1, -0.05) is 0 Å². The first-order chi connectivity index (χ1) is 6.59. The Bertz CT molecular complexity index is 476. The van der Waals surface area contributed by atoms with Crippen LogP contribution in [0.1, 0.15) is 13.1 Å². The van der Waals surface area contributed by atoms with Gasteiger partial charge in [0.25, 0.3) is 0 Å². The maximum atomic E-state index is 5.70. The van der Waals surface area contributed by atoms with Crippen LogP contribution in [0, 0.1) is 0 Å². The van der Waals surface area contributed by atoms with Crippen molar-refractivity contribution in [2.24, 2.45) is 5.73 Å². The Morgan fingerprint density at radius 2 is 2.21 bits per heavy atom. The van der Waals surface area contributed by atoms with Gasteiger partial charge in [-0.05, 0) is 18.5 Å². The smallest absolute Gasteiger partial charge is 0.226 e. The first-order valence-electron chi connectivity index (χ1n) is 4.00. The molecule has 0 aliphatic heterocycles. The third kappa shape index (κ3) is 1.28. The second-order valence-electron chi connectivity index (χ2n) is 2.94. The fourth-order valence-corrected chi connectivity index (χ4v) is 1.38. The highest BCUT2D eigenvalue weighted by atomic mass is 35.5. The normalized spacial score (nSPS) is 13.4. The van der Waals surface area contributed by atoms with Gasteiger partial charge in [0.15, 0.2) is 11.5 Å². The fraction of sp³-hybridized carbons (Fsp3) is 0.286. The summed E-state index contributed by atoms with van der Waals surface area (Å²) < 4.78 is 1.68. The van der Waals surface area contributed by atoms with E-state index in [0.717, 1.165) is 0 Å². The molecular weight excluding hydrogens is 204 g/mol. The lowest BCUT2D eigenvalue weighted by Crippen LogP contribution is -2.14. The lowest BCUT2D eigenvalue weighted by atomic mass is 10.5. The summed E-state index contributed by atoms with van der Waals surface area (Å²) in [5.41, 5.74) is 12.4. The zero-order chi connectivity index (χ0) is 10.3. The summed E-state index contributed by atoms with van der Waals surface area (Å²) in [6, 6.07) is 0. The van der Waals surface area contributed by atoms with E-state index < -0.39 is 0 Å². The largest absolute Gasteiger partial charge is 0.382 e. The van der Waals surface area contributed by atoms with Crippen LogP contribution in [-0.2, 0) is 0 Å². The molecule has 1 atom stereocenters. The number of hydrogen-bond donors (Lipinski definition) is 2. The Morgan fingerprint density at radius 3 is 2.86 bits per heavy atom. The van der Waals surface area contributed by atoms with E-state index in [4.69, 9.17) is 23.1 Å². The van der Waals surface area contributed by atoms with Gasteiger partial charge in [-0.15, -0.1) is 0 Å². The monoisotopic (exact) mass is 212 g/mol. The van der Waals surface area contributed by atoms with Crippen molar-refractivity contribution >= 4 is 28.6 Å². The number of anilines is 1. The number of rotatable bonds is 1. The molecule has 0 radical (unpaired) electrons. The topological polar surface area (TPSA) is 95.6 Å². The second kappa shape index (κ2) is 3.07. The average Bonchev–Trinajstić information content (AvgIpc) is 2.47. The summed E-state index contributed by atoms with van der Waals surface area (Å²) >= 11 is 5.67. The molecule has 0 saturated carbocycles. The van der Waals surface area contributed by atoms with E-state index in [0.29, 0.717) is 11.2 Å². The van der Waals surface area contributed by atoms with E-state index in [-0.39, 0.29) is 17.3 Å². The van der Waals surface area contributed by atoms with Crippen LogP contribution in [0.25, 0.3) is 11.2 Å². The Balaban J connectivity index is 2.78. The molecule has 0 spiro atoms. The van der Waals surface area contributed by atoms with Crippen molar-refractivity contribution in [3.63, 3.8) is 0 Å². The number of imidazole rings is 1. The Hall–Kier alpha value is -1.40. The molecule has 2 heterocycles. The zero-order valence-corrected chi connectivity index (χ0v) is 8.23.